The second-order valence-corrected chi connectivity index (χ2v) is 8.12. The molecule has 1 aliphatic rings. The Bertz CT molecular complexity index is 1070. The topological polar surface area (TPSA) is 58.2 Å². The van der Waals surface area contributed by atoms with Gasteiger partial charge in [-0.2, -0.15) is 0 Å². The smallest absolute Gasteiger partial charge is 0.262 e. The molecule has 2 N–H and O–H groups in total. The van der Waals surface area contributed by atoms with Gasteiger partial charge in [-0.3, -0.25) is 4.72 Å². The summed E-state index contributed by atoms with van der Waals surface area (Å²) in [5.41, 5.74) is 2.82. The highest BCUT2D eigenvalue weighted by Crippen LogP contribution is 2.31. The highest BCUT2D eigenvalue weighted by Gasteiger charge is 2.21. The summed E-state index contributed by atoms with van der Waals surface area (Å²) in [7, 11) is -3.73. The summed E-state index contributed by atoms with van der Waals surface area (Å²) in [5, 5.41) is 5.17. The molecule has 0 atom stereocenters. The molecule has 0 amide bonds. The lowest BCUT2D eigenvalue weighted by Gasteiger charge is -2.21. The lowest BCUT2D eigenvalue weighted by Crippen LogP contribution is -2.25. The summed E-state index contributed by atoms with van der Waals surface area (Å²) in [4.78, 5) is 0.230. The first-order valence-electron chi connectivity index (χ1n) is 8.08. The molecule has 3 aromatic rings. The molecular formula is C19H18Cl2N2O2S. The average Bonchev–Trinajstić information content (AvgIpc) is 2.62. The minimum atomic E-state index is -3.73. The van der Waals surface area contributed by atoms with Gasteiger partial charge in [-0.1, -0.05) is 48.0 Å². The van der Waals surface area contributed by atoms with Crippen molar-refractivity contribution >= 4 is 50.5 Å². The van der Waals surface area contributed by atoms with Crippen LogP contribution >= 0.6 is 24.0 Å². The molecule has 1 heterocycles. The summed E-state index contributed by atoms with van der Waals surface area (Å²) >= 11 is 6.21. The molecule has 0 saturated carbocycles. The monoisotopic (exact) mass is 408 g/mol. The van der Waals surface area contributed by atoms with E-state index in [1.54, 1.807) is 18.2 Å². The molecule has 0 aliphatic carbocycles. The van der Waals surface area contributed by atoms with E-state index in [1.807, 2.05) is 36.4 Å². The van der Waals surface area contributed by atoms with Gasteiger partial charge in [-0.15, -0.1) is 12.4 Å². The third-order valence-corrected chi connectivity index (χ3v) is 6.26. The third-order valence-electron chi connectivity index (χ3n) is 4.51. The van der Waals surface area contributed by atoms with Crippen LogP contribution in [0.4, 0.5) is 5.69 Å². The summed E-state index contributed by atoms with van der Waals surface area (Å²) in [5.74, 6) is 0. The van der Waals surface area contributed by atoms with Gasteiger partial charge in [0.2, 0.25) is 0 Å². The van der Waals surface area contributed by atoms with Crippen molar-refractivity contribution in [3.05, 3.63) is 70.7 Å². The summed E-state index contributed by atoms with van der Waals surface area (Å²) in [6.07, 6.45) is 0.898. The fraction of sp³-hybridized carbons (Fsp3) is 0.158. The van der Waals surface area contributed by atoms with Gasteiger partial charge >= 0.3 is 0 Å². The van der Waals surface area contributed by atoms with Crippen LogP contribution in [0.5, 0.6) is 0 Å². The van der Waals surface area contributed by atoms with Gasteiger partial charge in [0.15, 0.2) is 0 Å². The molecule has 0 unspecified atom stereocenters. The van der Waals surface area contributed by atoms with Crippen LogP contribution in [-0.4, -0.2) is 15.0 Å². The summed E-state index contributed by atoms with van der Waals surface area (Å²) in [6.45, 7) is 1.57. The van der Waals surface area contributed by atoms with Crippen molar-refractivity contribution in [1.82, 2.24) is 5.32 Å². The molecular weight excluding hydrogens is 391 g/mol. The average molecular weight is 409 g/mol. The maximum atomic E-state index is 13.0. The van der Waals surface area contributed by atoms with Crippen LogP contribution in [0, 0.1) is 0 Å². The number of anilines is 1. The Hall–Kier alpha value is -1.79. The SMILES string of the molecule is Cl.O=S(=O)(Nc1cccc2c1CNCC2)c1ccc(Cl)c2ccccc12. The molecule has 0 saturated heterocycles. The number of fused-ring (bicyclic) bond motifs is 2. The van der Waals surface area contributed by atoms with Crippen molar-refractivity contribution in [2.45, 2.75) is 17.9 Å². The molecule has 0 aromatic heterocycles. The van der Waals surface area contributed by atoms with Gasteiger partial charge < -0.3 is 5.32 Å². The number of halogens is 2. The normalized spacial score (nSPS) is 13.7. The van der Waals surface area contributed by atoms with Crippen LogP contribution in [-0.2, 0) is 23.0 Å². The molecule has 0 radical (unpaired) electrons. The number of benzene rings is 3. The highest BCUT2D eigenvalue weighted by atomic mass is 35.5. The van der Waals surface area contributed by atoms with Crippen molar-refractivity contribution < 1.29 is 8.42 Å². The van der Waals surface area contributed by atoms with Crippen LogP contribution < -0.4 is 10.0 Å². The minimum absolute atomic E-state index is 0. The number of sulfonamides is 1. The molecule has 1 aliphatic heterocycles. The van der Waals surface area contributed by atoms with E-state index in [9.17, 15) is 8.42 Å². The second-order valence-electron chi connectivity index (χ2n) is 6.07. The van der Waals surface area contributed by atoms with Gasteiger partial charge in [0.25, 0.3) is 10.0 Å². The van der Waals surface area contributed by atoms with Crippen molar-refractivity contribution in [3.8, 4) is 0 Å². The van der Waals surface area contributed by atoms with E-state index < -0.39 is 10.0 Å². The fourth-order valence-corrected chi connectivity index (χ4v) is 4.81. The van der Waals surface area contributed by atoms with Crippen LogP contribution in [0.2, 0.25) is 5.02 Å². The van der Waals surface area contributed by atoms with E-state index in [0.717, 1.165) is 23.9 Å². The van der Waals surface area contributed by atoms with Gasteiger partial charge in [-0.05, 0) is 42.3 Å². The van der Waals surface area contributed by atoms with E-state index >= 15 is 0 Å². The van der Waals surface area contributed by atoms with Crippen molar-refractivity contribution in [3.63, 3.8) is 0 Å². The van der Waals surface area contributed by atoms with Crippen molar-refractivity contribution in [2.24, 2.45) is 0 Å². The second kappa shape index (κ2) is 7.45. The van der Waals surface area contributed by atoms with Crippen LogP contribution in [0.25, 0.3) is 10.8 Å². The lowest BCUT2D eigenvalue weighted by atomic mass is 10.00. The van der Waals surface area contributed by atoms with Crippen LogP contribution in [0.1, 0.15) is 11.1 Å². The maximum absolute atomic E-state index is 13.0. The fourth-order valence-electron chi connectivity index (χ4n) is 3.28. The third kappa shape index (κ3) is 3.40. The van der Waals surface area contributed by atoms with E-state index in [2.05, 4.69) is 10.0 Å². The molecule has 4 nitrogen and oxygen atoms in total. The zero-order chi connectivity index (χ0) is 17.4. The minimum Gasteiger partial charge on any atom is -0.312 e. The van der Waals surface area contributed by atoms with Gasteiger partial charge in [0, 0.05) is 22.3 Å². The van der Waals surface area contributed by atoms with Crippen LogP contribution in [0.15, 0.2) is 59.5 Å². The first-order valence-corrected chi connectivity index (χ1v) is 9.94. The zero-order valence-corrected chi connectivity index (χ0v) is 16.2. The number of hydrogen-bond acceptors (Lipinski definition) is 3. The Labute approximate surface area is 164 Å². The Morgan fingerprint density at radius 3 is 2.54 bits per heavy atom. The van der Waals surface area contributed by atoms with Crippen molar-refractivity contribution in [1.29, 1.82) is 0 Å². The number of nitrogens with one attached hydrogen (secondary N) is 2. The molecule has 136 valence electrons. The van der Waals surface area contributed by atoms with Gasteiger partial charge in [-0.25, -0.2) is 8.42 Å². The first kappa shape index (κ1) is 19.0. The largest absolute Gasteiger partial charge is 0.312 e. The molecule has 0 fully saturated rings. The maximum Gasteiger partial charge on any atom is 0.262 e. The summed E-state index contributed by atoms with van der Waals surface area (Å²) in [6, 6.07) is 16.2. The molecule has 0 bridgehead atoms. The Morgan fingerprint density at radius 1 is 0.962 bits per heavy atom. The zero-order valence-electron chi connectivity index (χ0n) is 13.8. The van der Waals surface area contributed by atoms with Gasteiger partial charge in [0.1, 0.15) is 0 Å². The standard InChI is InChI=1S/C19H17ClN2O2S.ClH/c20-17-8-9-19(15-6-2-1-5-14(15)17)25(23,24)22-18-7-3-4-13-10-11-21-12-16(13)18;/h1-9,21-22H,10-12H2;1H. The Balaban J connectivity index is 0.00000196. The number of hydrogen-bond donors (Lipinski definition) is 2. The predicted molar refractivity (Wildman–Crippen MR) is 109 cm³/mol. The molecule has 0 spiro atoms. The first-order chi connectivity index (χ1) is 12.1. The van der Waals surface area contributed by atoms with E-state index in [4.69, 9.17) is 11.6 Å². The Morgan fingerprint density at radius 2 is 1.73 bits per heavy atom. The molecule has 7 heteroatoms. The van der Waals surface area contributed by atoms with Crippen LogP contribution in [0.3, 0.4) is 0 Å². The van der Waals surface area contributed by atoms with Gasteiger partial charge in [0.05, 0.1) is 10.6 Å². The van der Waals surface area contributed by atoms with E-state index in [1.165, 1.54) is 5.56 Å². The Kier molecular flexibility index (Phi) is 5.44. The lowest BCUT2D eigenvalue weighted by molar-refractivity contribution is 0.601. The number of rotatable bonds is 3. The van der Waals surface area contributed by atoms with E-state index in [-0.39, 0.29) is 17.3 Å². The summed E-state index contributed by atoms with van der Waals surface area (Å²) < 4.78 is 28.8. The highest BCUT2D eigenvalue weighted by molar-refractivity contribution is 7.93. The molecule has 4 rings (SSSR count). The quantitative estimate of drug-likeness (QED) is 0.676. The predicted octanol–water partition coefficient (Wildman–Crippen LogP) is 4.36. The molecule has 3 aromatic carbocycles. The van der Waals surface area contributed by atoms with Crippen molar-refractivity contribution in [2.75, 3.05) is 11.3 Å². The van der Waals surface area contributed by atoms with E-state index in [0.29, 0.717) is 22.6 Å². The molecule has 26 heavy (non-hydrogen) atoms.